The molecule has 4 rings (SSSR count). The maximum Gasteiger partial charge on any atom is 0.231 e. The van der Waals surface area contributed by atoms with E-state index in [4.69, 9.17) is 33.5 Å². The Balaban J connectivity index is 1.48. The van der Waals surface area contributed by atoms with Gasteiger partial charge < -0.3 is 36.9 Å². The number of aliphatic hydroxyl groups is 1. The molecule has 2 heterocycles. The molecule has 8 N–H and O–H groups in total. The van der Waals surface area contributed by atoms with Gasteiger partial charge in [-0.15, -0.1) is 0 Å². The molecular weight excluding hydrogens is 533 g/mol. The number of fused-ring (bicyclic) bond motifs is 1. The van der Waals surface area contributed by atoms with Crippen molar-refractivity contribution in [2.45, 2.75) is 64.6 Å². The Morgan fingerprint density at radius 3 is 2.62 bits per heavy atom. The van der Waals surface area contributed by atoms with E-state index in [9.17, 15) is 5.11 Å². The number of nitrogens with one attached hydrogen (secondary N) is 1. The number of benzene rings is 2. The molecule has 0 aliphatic carbocycles. The molecule has 3 aromatic rings. The SMILES string of the molecule is C[C@H](N)CCCc1cc(Cl)c(F)c(-c2cc3c([nH]2)=NC(O)N(c2ccc(CO[C@@H](C)CCN=C(N)N)cc2)C=3)c1. The Morgan fingerprint density at radius 2 is 1.93 bits per heavy atom. The van der Waals surface area contributed by atoms with Crippen LogP contribution < -0.4 is 32.8 Å². The molecule has 3 atom stereocenters. The van der Waals surface area contributed by atoms with Gasteiger partial charge in [-0.1, -0.05) is 23.7 Å². The summed E-state index contributed by atoms with van der Waals surface area (Å²) in [7, 11) is 0. The molecule has 2 aromatic carbocycles. The third-order valence-electron chi connectivity index (χ3n) is 6.70. The Kier molecular flexibility index (Phi) is 9.80. The van der Waals surface area contributed by atoms with Crippen molar-refractivity contribution >= 4 is 29.4 Å². The van der Waals surface area contributed by atoms with Crippen molar-refractivity contribution in [1.82, 2.24) is 4.98 Å². The number of nitrogens with zero attached hydrogens (tertiary/aromatic N) is 3. The first kappa shape index (κ1) is 29.5. The Bertz CT molecular complexity index is 1450. The maximum atomic E-state index is 15.0. The molecule has 0 bridgehead atoms. The maximum absolute atomic E-state index is 15.0. The van der Waals surface area contributed by atoms with Gasteiger partial charge in [0.15, 0.2) is 11.8 Å². The zero-order chi connectivity index (χ0) is 28.8. The average Bonchev–Trinajstić information content (AvgIpc) is 3.31. The van der Waals surface area contributed by atoms with E-state index < -0.39 is 12.2 Å². The number of hydrogen-bond acceptors (Lipinski definition) is 6. The van der Waals surface area contributed by atoms with Gasteiger partial charge in [-0.05, 0) is 81.0 Å². The second-order valence-electron chi connectivity index (χ2n) is 10.2. The van der Waals surface area contributed by atoms with Crippen molar-refractivity contribution < 1.29 is 14.2 Å². The van der Waals surface area contributed by atoms with Crippen molar-refractivity contribution in [1.29, 1.82) is 0 Å². The lowest BCUT2D eigenvalue weighted by Gasteiger charge is -2.25. The number of rotatable bonds is 12. The van der Waals surface area contributed by atoms with Gasteiger partial charge >= 0.3 is 0 Å². The topological polar surface area (TPSA) is 151 Å². The minimum absolute atomic E-state index is 0.00455. The summed E-state index contributed by atoms with van der Waals surface area (Å²) in [4.78, 5) is 13.1. The zero-order valence-electron chi connectivity index (χ0n) is 22.8. The van der Waals surface area contributed by atoms with Crippen molar-refractivity contribution in [3.8, 4) is 11.3 Å². The highest BCUT2D eigenvalue weighted by molar-refractivity contribution is 6.31. The number of nitrogens with two attached hydrogens (primary N) is 3. The summed E-state index contributed by atoms with van der Waals surface area (Å²) >= 11 is 6.23. The third-order valence-corrected chi connectivity index (χ3v) is 6.98. The number of aromatic nitrogens is 1. The molecule has 1 aromatic heterocycles. The summed E-state index contributed by atoms with van der Waals surface area (Å²) < 4.78 is 20.9. The van der Waals surface area contributed by atoms with Crippen molar-refractivity contribution in [3.05, 3.63) is 75.1 Å². The van der Waals surface area contributed by atoms with Crippen LogP contribution in [-0.2, 0) is 17.8 Å². The minimum Gasteiger partial charge on any atom is -0.374 e. The van der Waals surface area contributed by atoms with Gasteiger partial charge in [0.05, 0.1) is 23.4 Å². The summed E-state index contributed by atoms with van der Waals surface area (Å²) in [5.74, 6) is -0.430. The normalized spacial score (nSPS) is 16.1. The van der Waals surface area contributed by atoms with Crippen molar-refractivity contribution in [2.24, 2.45) is 27.2 Å². The summed E-state index contributed by atoms with van der Waals surface area (Å²) in [6.07, 6.45) is 3.85. The largest absolute Gasteiger partial charge is 0.374 e. The van der Waals surface area contributed by atoms with E-state index in [1.54, 1.807) is 23.2 Å². The van der Waals surface area contributed by atoms with Gasteiger partial charge in [0.1, 0.15) is 5.49 Å². The highest BCUT2D eigenvalue weighted by Crippen LogP contribution is 2.29. The van der Waals surface area contributed by atoms with E-state index in [1.807, 2.05) is 44.2 Å². The first-order chi connectivity index (χ1) is 19.1. The van der Waals surface area contributed by atoms with Crippen LogP contribution in [0.2, 0.25) is 5.02 Å². The number of ether oxygens (including phenoxy) is 1. The van der Waals surface area contributed by atoms with Crippen LogP contribution in [0, 0.1) is 5.82 Å². The molecule has 0 radical (unpaired) electrons. The van der Waals surface area contributed by atoms with Gasteiger partial charge in [-0.3, -0.25) is 4.99 Å². The third kappa shape index (κ3) is 7.60. The molecule has 1 aliphatic heterocycles. The summed E-state index contributed by atoms with van der Waals surface area (Å²) in [5.41, 5.74) is 20.6. The molecule has 40 heavy (non-hydrogen) atoms. The van der Waals surface area contributed by atoms with Gasteiger partial charge in [0, 0.05) is 35.3 Å². The number of anilines is 1. The fourth-order valence-electron chi connectivity index (χ4n) is 4.49. The molecule has 0 amide bonds. The summed E-state index contributed by atoms with van der Waals surface area (Å²) in [6, 6.07) is 13.0. The minimum atomic E-state index is -1.14. The van der Waals surface area contributed by atoms with Crippen LogP contribution in [-0.4, -0.2) is 41.1 Å². The average molecular weight is 570 g/mol. The van der Waals surface area contributed by atoms with E-state index in [0.29, 0.717) is 36.3 Å². The molecule has 1 unspecified atom stereocenters. The van der Waals surface area contributed by atoms with Crippen molar-refractivity contribution in [3.63, 3.8) is 0 Å². The molecule has 9 nitrogen and oxygen atoms in total. The fraction of sp³-hybridized carbons (Fsp3) is 0.379. The predicted molar refractivity (Wildman–Crippen MR) is 158 cm³/mol. The number of H-pyrrole nitrogens is 1. The van der Waals surface area contributed by atoms with E-state index >= 15 is 4.39 Å². The molecule has 0 spiro atoms. The second-order valence-corrected chi connectivity index (χ2v) is 10.6. The number of hydrogen-bond donors (Lipinski definition) is 5. The van der Waals surface area contributed by atoms with Gasteiger partial charge in [0.2, 0.25) is 6.35 Å². The monoisotopic (exact) mass is 569 g/mol. The molecule has 0 fully saturated rings. The van der Waals surface area contributed by atoms with Crippen LogP contribution in [0.3, 0.4) is 0 Å². The highest BCUT2D eigenvalue weighted by Gasteiger charge is 2.20. The lowest BCUT2D eigenvalue weighted by atomic mass is 10.0. The van der Waals surface area contributed by atoms with Gasteiger partial charge in [0.25, 0.3) is 0 Å². The van der Waals surface area contributed by atoms with Gasteiger partial charge in [-0.2, -0.15) is 0 Å². The van der Waals surface area contributed by atoms with E-state index in [2.05, 4.69) is 15.0 Å². The lowest BCUT2D eigenvalue weighted by Crippen LogP contribution is -2.41. The Labute approximate surface area is 238 Å². The van der Waals surface area contributed by atoms with Crippen LogP contribution in [0.1, 0.15) is 44.2 Å². The van der Waals surface area contributed by atoms with Crippen LogP contribution in [0.5, 0.6) is 0 Å². The molecule has 11 heteroatoms. The fourth-order valence-corrected chi connectivity index (χ4v) is 4.73. The number of halogens is 2. The summed E-state index contributed by atoms with van der Waals surface area (Å²) in [5, 5.41) is 11.5. The quantitative estimate of drug-likeness (QED) is 0.167. The zero-order valence-corrected chi connectivity index (χ0v) is 23.5. The molecular formula is C29H37ClFN7O2. The smallest absolute Gasteiger partial charge is 0.231 e. The lowest BCUT2D eigenvalue weighted by molar-refractivity contribution is 0.0493. The van der Waals surface area contributed by atoms with E-state index in [1.165, 1.54) is 0 Å². The second kappa shape index (κ2) is 13.3. The van der Waals surface area contributed by atoms with Gasteiger partial charge in [-0.25, -0.2) is 9.38 Å². The Hall–Kier alpha value is -3.44. The Morgan fingerprint density at radius 1 is 1.18 bits per heavy atom. The van der Waals surface area contributed by atoms with Crippen molar-refractivity contribution in [2.75, 3.05) is 11.4 Å². The first-order valence-electron chi connectivity index (χ1n) is 13.4. The van der Waals surface area contributed by atoms with E-state index in [-0.39, 0.29) is 23.1 Å². The number of aromatic amines is 1. The molecule has 0 saturated carbocycles. The first-order valence-corrected chi connectivity index (χ1v) is 13.7. The van der Waals surface area contributed by atoms with E-state index in [0.717, 1.165) is 41.3 Å². The van der Waals surface area contributed by atoms with Crippen LogP contribution in [0.25, 0.3) is 17.5 Å². The van der Waals surface area contributed by atoms with Crippen LogP contribution in [0.15, 0.2) is 52.4 Å². The highest BCUT2D eigenvalue weighted by atomic mass is 35.5. The number of guanidine groups is 1. The summed E-state index contributed by atoms with van der Waals surface area (Å²) in [6.45, 7) is 4.88. The number of aliphatic imine (C=N–C) groups is 1. The molecule has 214 valence electrons. The number of aryl methyl sites for hydroxylation is 1. The predicted octanol–water partition coefficient (Wildman–Crippen LogP) is 2.87. The molecule has 0 saturated heterocycles. The number of aliphatic hydroxyl groups excluding tert-OH is 1. The van der Waals surface area contributed by atoms with Crippen LogP contribution >= 0.6 is 11.6 Å². The standard InChI is InChI=1S/C29H37ClFN7O2/c1-17(32)4-3-5-20-12-23(26(31)24(30)13-20)25-14-21-15-38(29(39)37-27(21)36-25)22-8-6-19(7-9-22)16-40-18(2)10-11-35-28(33)34/h6-9,12-15,17-18,29,39H,3-5,10-11,16,32H2,1-2H3,(H,36,37)(H4,33,34,35)/t17-,18-,29?/m0/s1. The van der Waals surface area contributed by atoms with Crippen LogP contribution in [0.4, 0.5) is 10.1 Å². The molecule has 1 aliphatic rings.